The molecule has 3 nitrogen and oxygen atoms in total. The molecule has 0 saturated carbocycles. The maximum absolute atomic E-state index is 13.7. The topological polar surface area (TPSA) is 47.3 Å². The van der Waals surface area contributed by atoms with Crippen molar-refractivity contribution >= 4 is 5.69 Å². The fourth-order valence-electron chi connectivity index (χ4n) is 1.62. The molecule has 0 amide bonds. The van der Waals surface area contributed by atoms with Crippen molar-refractivity contribution in [3.63, 3.8) is 0 Å². The molecule has 0 radical (unpaired) electrons. The summed E-state index contributed by atoms with van der Waals surface area (Å²) in [6, 6.07) is 3.03. The van der Waals surface area contributed by atoms with Crippen LogP contribution in [0.5, 0.6) is 5.75 Å². The zero-order valence-electron chi connectivity index (χ0n) is 11.7. The van der Waals surface area contributed by atoms with Gasteiger partial charge in [0.05, 0.1) is 12.4 Å². The Morgan fingerprint density at radius 2 is 2.15 bits per heavy atom. The number of halogens is 2. The summed E-state index contributed by atoms with van der Waals surface area (Å²) < 4.78 is 31.6. The second-order valence-electron chi connectivity index (χ2n) is 4.28. The Bertz CT molecular complexity index is 462. The van der Waals surface area contributed by atoms with Crippen LogP contribution in [0.2, 0.25) is 0 Å². The molecule has 20 heavy (non-hydrogen) atoms. The first-order valence-corrected chi connectivity index (χ1v) is 6.39. The van der Waals surface area contributed by atoms with Gasteiger partial charge in [-0.1, -0.05) is 18.2 Å². The molecule has 0 aliphatic rings. The standard InChI is InChI=1S/C15H20F2N2O/c1-11-8-13(9-14(17)15(11)19-10-18)20-7-5-3-4-6-12(2)16/h3-6,8-9,12,19H,7,10,18H2,1-2H3/b5-3-,6-4-. The lowest BCUT2D eigenvalue weighted by Gasteiger charge is -2.11. The van der Waals surface area contributed by atoms with Crippen LogP contribution in [-0.4, -0.2) is 19.4 Å². The predicted octanol–water partition coefficient (Wildman–Crippen LogP) is 3.31. The van der Waals surface area contributed by atoms with Crippen LogP contribution in [0.3, 0.4) is 0 Å². The number of hydrogen-bond acceptors (Lipinski definition) is 3. The highest BCUT2D eigenvalue weighted by molar-refractivity contribution is 5.54. The SMILES string of the molecule is Cc1cc(OC/C=C\C=C/C(C)F)cc(F)c1NCN. The summed E-state index contributed by atoms with van der Waals surface area (Å²) in [4.78, 5) is 0. The van der Waals surface area contributed by atoms with E-state index in [1.54, 1.807) is 31.2 Å². The van der Waals surface area contributed by atoms with Gasteiger partial charge in [0.15, 0.2) is 0 Å². The van der Waals surface area contributed by atoms with Crippen molar-refractivity contribution in [1.29, 1.82) is 0 Å². The zero-order valence-corrected chi connectivity index (χ0v) is 11.7. The third kappa shape index (κ3) is 5.40. The molecule has 5 heteroatoms. The minimum Gasteiger partial charge on any atom is -0.489 e. The van der Waals surface area contributed by atoms with Gasteiger partial charge in [0.25, 0.3) is 0 Å². The maximum Gasteiger partial charge on any atom is 0.150 e. The molecule has 1 atom stereocenters. The van der Waals surface area contributed by atoms with Crippen molar-refractivity contribution in [2.75, 3.05) is 18.6 Å². The first-order valence-electron chi connectivity index (χ1n) is 6.39. The first-order chi connectivity index (χ1) is 9.54. The van der Waals surface area contributed by atoms with Crippen molar-refractivity contribution < 1.29 is 13.5 Å². The molecule has 0 fully saturated rings. The first kappa shape index (κ1) is 16.2. The Labute approximate surface area is 118 Å². The highest BCUT2D eigenvalue weighted by Gasteiger charge is 2.07. The lowest BCUT2D eigenvalue weighted by molar-refractivity contribution is 0.360. The molecule has 0 aliphatic heterocycles. The Balaban J connectivity index is 2.57. The number of hydrogen-bond donors (Lipinski definition) is 2. The molecule has 1 aromatic rings. The molecule has 1 unspecified atom stereocenters. The zero-order chi connectivity index (χ0) is 15.0. The number of ether oxygens (including phenoxy) is 1. The molecule has 0 heterocycles. The number of allylic oxidation sites excluding steroid dienone is 3. The van der Waals surface area contributed by atoms with Crippen LogP contribution in [0.25, 0.3) is 0 Å². The van der Waals surface area contributed by atoms with Crippen LogP contribution in [0.4, 0.5) is 14.5 Å². The smallest absolute Gasteiger partial charge is 0.150 e. The van der Waals surface area contributed by atoms with Gasteiger partial charge >= 0.3 is 0 Å². The second-order valence-corrected chi connectivity index (χ2v) is 4.28. The number of nitrogens with one attached hydrogen (secondary N) is 1. The normalized spacial score (nSPS) is 13.1. The molecule has 0 bridgehead atoms. The van der Waals surface area contributed by atoms with Crippen LogP contribution in [-0.2, 0) is 0 Å². The van der Waals surface area contributed by atoms with Crippen LogP contribution < -0.4 is 15.8 Å². The molecule has 0 spiro atoms. The van der Waals surface area contributed by atoms with Gasteiger partial charge in [-0.3, -0.25) is 0 Å². The van der Waals surface area contributed by atoms with E-state index in [9.17, 15) is 8.78 Å². The van der Waals surface area contributed by atoms with Crippen molar-refractivity contribution in [2.24, 2.45) is 5.73 Å². The van der Waals surface area contributed by atoms with E-state index in [-0.39, 0.29) is 13.3 Å². The highest BCUT2D eigenvalue weighted by Crippen LogP contribution is 2.25. The van der Waals surface area contributed by atoms with Gasteiger partial charge in [-0.15, -0.1) is 0 Å². The summed E-state index contributed by atoms with van der Waals surface area (Å²) in [7, 11) is 0. The van der Waals surface area contributed by atoms with Crippen LogP contribution in [0, 0.1) is 12.7 Å². The van der Waals surface area contributed by atoms with Gasteiger partial charge < -0.3 is 15.8 Å². The summed E-state index contributed by atoms with van der Waals surface area (Å²) in [5, 5.41) is 2.75. The molecule has 0 aromatic heterocycles. The molecular formula is C15H20F2N2O. The summed E-state index contributed by atoms with van der Waals surface area (Å²) in [5.41, 5.74) is 6.44. The van der Waals surface area contributed by atoms with Crippen molar-refractivity contribution in [3.8, 4) is 5.75 Å². The van der Waals surface area contributed by atoms with Crippen molar-refractivity contribution in [3.05, 3.63) is 47.8 Å². The Morgan fingerprint density at radius 1 is 1.40 bits per heavy atom. The minimum absolute atomic E-state index is 0.167. The van der Waals surface area contributed by atoms with Crippen molar-refractivity contribution in [2.45, 2.75) is 20.0 Å². The Morgan fingerprint density at radius 3 is 2.75 bits per heavy atom. The monoisotopic (exact) mass is 282 g/mol. The van der Waals surface area contributed by atoms with E-state index in [4.69, 9.17) is 10.5 Å². The van der Waals surface area contributed by atoms with E-state index in [1.807, 2.05) is 0 Å². The summed E-state index contributed by atoms with van der Waals surface area (Å²) in [6.07, 6.45) is 5.46. The number of nitrogens with two attached hydrogens (primary N) is 1. The van der Waals surface area contributed by atoms with E-state index in [0.29, 0.717) is 11.4 Å². The van der Waals surface area contributed by atoms with E-state index < -0.39 is 12.0 Å². The Hall–Kier alpha value is -1.88. The Kier molecular flexibility index (Phi) is 6.73. The molecule has 1 rings (SSSR count). The fraction of sp³-hybridized carbons (Fsp3) is 0.333. The molecule has 3 N–H and O–H groups in total. The van der Waals surface area contributed by atoms with Gasteiger partial charge in [0.2, 0.25) is 0 Å². The number of rotatable bonds is 7. The lowest BCUT2D eigenvalue weighted by Crippen LogP contribution is -2.13. The summed E-state index contributed by atoms with van der Waals surface area (Å²) in [6.45, 7) is 3.67. The number of aryl methyl sites for hydroxylation is 1. The minimum atomic E-state index is -0.972. The summed E-state index contributed by atoms with van der Waals surface area (Å²) in [5.74, 6) is 0.0376. The van der Waals surface area contributed by atoms with Gasteiger partial charge in [-0.05, 0) is 31.6 Å². The average Bonchev–Trinajstić information content (AvgIpc) is 2.37. The van der Waals surface area contributed by atoms with E-state index in [2.05, 4.69) is 5.32 Å². The molecule has 1 aromatic carbocycles. The third-order valence-electron chi connectivity index (χ3n) is 2.51. The lowest BCUT2D eigenvalue weighted by atomic mass is 10.2. The van der Waals surface area contributed by atoms with Gasteiger partial charge in [0, 0.05) is 6.07 Å². The number of alkyl halides is 1. The van der Waals surface area contributed by atoms with E-state index in [0.717, 1.165) is 5.56 Å². The fourth-order valence-corrected chi connectivity index (χ4v) is 1.62. The van der Waals surface area contributed by atoms with Crippen LogP contribution in [0.1, 0.15) is 12.5 Å². The van der Waals surface area contributed by atoms with E-state index >= 15 is 0 Å². The summed E-state index contributed by atoms with van der Waals surface area (Å²) >= 11 is 0. The maximum atomic E-state index is 13.7. The number of anilines is 1. The number of benzene rings is 1. The predicted molar refractivity (Wildman–Crippen MR) is 78.2 cm³/mol. The average molecular weight is 282 g/mol. The quantitative estimate of drug-likeness (QED) is 0.596. The highest BCUT2D eigenvalue weighted by atomic mass is 19.1. The largest absolute Gasteiger partial charge is 0.489 e. The third-order valence-corrected chi connectivity index (χ3v) is 2.51. The van der Waals surface area contributed by atoms with Gasteiger partial charge in [0.1, 0.15) is 24.3 Å². The second kappa shape index (κ2) is 8.32. The van der Waals surface area contributed by atoms with Crippen LogP contribution in [0.15, 0.2) is 36.4 Å². The molecule has 0 aliphatic carbocycles. The van der Waals surface area contributed by atoms with Crippen LogP contribution >= 0.6 is 0 Å². The van der Waals surface area contributed by atoms with E-state index in [1.165, 1.54) is 19.1 Å². The van der Waals surface area contributed by atoms with Gasteiger partial charge in [-0.2, -0.15) is 0 Å². The molecule has 110 valence electrons. The molecular weight excluding hydrogens is 262 g/mol. The van der Waals surface area contributed by atoms with Gasteiger partial charge in [-0.25, -0.2) is 8.78 Å². The molecule has 0 saturated heterocycles. The van der Waals surface area contributed by atoms with Crippen molar-refractivity contribution in [1.82, 2.24) is 0 Å².